The average Bonchev–Trinajstić information content (AvgIpc) is 2.69. The summed E-state index contributed by atoms with van der Waals surface area (Å²) < 4.78 is 1.83. The van der Waals surface area contributed by atoms with Gasteiger partial charge in [-0.15, -0.1) is 0 Å². The van der Waals surface area contributed by atoms with E-state index in [1.54, 1.807) is 0 Å². The van der Waals surface area contributed by atoms with Gasteiger partial charge >= 0.3 is 0 Å². The van der Waals surface area contributed by atoms with Gasteiger partial charge in [-0.1, -0.05) is 12.8 Å². The standard InChI is InChI=1S/C13H19N3O/c1-16-9-10(6-11(16)7-14)8-15-12-4-2-3-5-13(12)17/h6,9,12-13,15,17H,2-5,8H2,1H3. The van der Waals surface area contributed by atoms with Crippen LogP contribution in [0.5, 0.6) is 0 Å². The number of aliphatic hydroxyl groups excluding tert-OH is 1. The summed E-state index contributed by atoms with van der Waals surface area (Å²) in [5.41, 5.74) is 1.77. The van der Waals surface area contributed by atoms with Gasteiger partial charge in [-0.3, -0.25) is 0 Å². The Bertz CT molecular complexity index is 419. The highest BCUT2D eigenvalue weighted by atomic mass is 16.3. The zero-order valence-corrected chi connectivity index (χ0v) is 10.2. The minimum atomic E-state index is -0.220. The van der Waals surface area contributed by atoms with Crippen molar-refractivity contribution in [3.05, 3.63) is 23.5 Å². The van der Waals surface area contributed by atoms with E-state index >= 15 is 0 Å². The van der Waals surface area contributed by atoms with Gasteiger partial charge < -0.3 is 15.0 Å². The summed E-state index contributed by atoms with van der Waals surface area (Å²) in [5, 5.41) is 22.1. The first-order valence-electron chi connectivity index (χ1n) is 6.17. The van der Waals surface area contributed by atoms with Crippen LogP contribution >= 0.6 is 0 Å². The number of aryl methyl sites for hydroxylation is 1. The molecule has 0 spiro atoms. The molecule has 0 aromatic carbocycles. The number of aromatic nitrogens is 1. The minimum Gasteiger partial charge on any atom is -0.392 e. The molecule has 0 bridgehead atoms. The molecule has 2 N–H and O–H groups in total. The fraction of sp³-hybridized carbons (Fsp3) is 0.615. The molecule has 1 aliphatic rings. The summed E-state index contributed by atoms with van der Waals surface area (Å²) in [7, 11) is 1.87. The quantitative estimate of drug-likeness (QED) is 0.827. The molecule has 2 atom stereocenters. The fourth-order valence-corrected chi connectivity index (χ4v) is 2.44. The number of hydrogen-bond acceptors (Lipinski definition) is 3. The topological polar surface area (TPSA) is 61.0 Å². The van der Waals surface area contributed by atoms with Crippen molar-refractivity contribution in [2.45, 2.75) is 44.4 Å². The number of rotatable bonds is 3. The maximum Gasteiger partial charge on any atom is 0.120 e. The Labute approximate surface area is 102 Å². The first-order valence-corrected chi connectivity index (χ1v) is 6.17. The number of nitriles is 1. The van der Waals surface area contributed by atoms with E-state index in [9.17, 15) is 5.11 Å². The minimum absolute atomic E-state index is 0.203. The zero-order chi connectivity index (χ0) is 12.3. The van der Waals surface area contributed by atoms with Crippen molar-refractivity contribution >= 4 is 0 Å². The smallest absolute Gasteiger partial charge is 0.120 e. The number of nitrogens with one attached hydrogen (secondary N) is 1. The second kappa shape index (κ2) is 5.35. The molecular formula is C13H19N3O. The van der Waals surface area contributed by atoms with Crippen LogP contribution < -0.4 is 5.32 Å². The van der Waals surface area contributed by atoms with Crippen molar-refractivity contribution in [1.82, 2.24) is 9.88 Å². The Morgan fingerprint density at radius 2 is 2.29 bits per heavy atom. The highest BCUT2D eigenvalue weighted by Gasteiger charge is 2.22. The van der Waals surface area contributed by atoms with Gasteiger partial charge in [0.15, 0.2) is 0 Å². The summed E-state index contributed by atoms with van der Waals surface area (Å²) >= 11 is 0. The molecule has 0 radical (unpaired) electrons. The molecule has 4 heteroatoms. The Morgan fingerprint density at radius 3 is 2.94 bits per heavy atom. The van der Waals surface area contributed by atoms with Crippen molar-refractivity contribution < 1.29 is 5.11 Å². The molecule has 1 fully saturated rings. The molecule has 4 nitrogen and oxygen atoms in total. The third kappa shape index (κ3) is 2.87. The molecule has 1 aromatic rings. The van der Waals surface area contributed by atoms with Gasteiger partial charge in [0.25, 0.3) is 0 Å². The summed E-state index contributed by atoms with van der Waals surface area (Å²) in [6.45, 7) is 0.719. The Balaban J connectivity index is 1.90. The van der Waals surface area contributed by atoms with Crippen LogP contribution in [-0.4, -0.2) is 21.8 Å². The molecule has 92 valence electrons. The van der Waals surface area contributed by atoms with E-state index in [-0.39, 0.29) is 12.1 Å². The van der Waals surface area contributed by atoms with Crippen molar-refractivity contribution in [1.29, 1.82) is 5.26 Å². The van der Waals surface area contributed by atoms with Gasteiger partial charge in [-0.2, -0.15) is 5.26 Å². The van der Waals surface area contributed by atoms with Crippen LogP contribution in [0.25, 0.3) is 0 Å². The third-order valence-electron chi connectivity index (χ3n) is 3.47. The van der Waals surface area contributed by atoms with Crippen LogP contribution in [0, 0.1) is 11.3 Å². The van der Waals surface area contributed by atoms with Crippen LogP contribution in [0.15, 0.2) is 12.3 Å². The lowest BCUT2D eigenvalue weighted by Gasteiger charge is -2.28. The molecule has 0 amide bonds. The van der Waals surface area contributed by atoms with Crippen LogP contribution in [0.4, 0.5) is 0 Å². The van der Waals surface area contributed by atoms with Gasteiger partial charge in [-0.25, -0.2) is 0 Å². The van der Waals surface area contributed by atoms with Crippen LogP contribution in [0.3, 0.4) is 0 Å². The summed E-state index contributed by atoms with van der Waals surface area (Å²) in [6, 6.07) is 4.24. The normalized spacial score (nSPS) is 24.5. The van der Waals surface area contributed by atoms with Crippen LogP contribution in [0.2, 0.25) is 0 Å². The molecular weight excluding hydrogens is 214 g/mol. The third-order valence-corrected chi connectivity index (χ3v) is 3.47. The van der Waals surface area contributed by atoms with E-state index in [0.29, 0.717) is 5.69 Å². The molecule has 1 aromatic heterocycles. The van der Waals surface area contributed by atoms with E-state index in [1.165, 1.54) is 6.42 Å². The fourth-order valence-electron chi connectivity index (χ4n) is 2.44. The molecule has 17 heavy (non-hydrogen) atoms. The monoisotopic (exact) mass is 233 g/mol. The maximum atomic E-state index is 9.83. The predicted octanol–water partition coefficient (Wildman–Crippen LogP) is 1.29. The summed E-state index contributed by atoms with van der Waals surface area (Å²) in [6.07, 6.45) is 5.99. The van der Waals surface area contributed by atoms with Crippen molar-refractivity contribution in [3.8, 4) is 6.07 Å². The lowest BCUT2D eigenvalue weighted by Crippen LogP contribution is -2.41. The number of nitrogens with zero attached hydrogens (tertiary/aromatic N) is 2. The highest BCUT2D eigenvalue weighted by Crippen LogP contribution is 2.18. The molecule has 1 saturated carbocycles. The SMILES string of the molecule is Cn1cc(CNC2CCCCC2O)cc1C#N. The lowest BCUT2D eigenvalue weighted by atomic mass is 9.92. The number of hydrogen-bond donors (Lipinski definition) is 2. The Kier molecular flexibility index (Phi) is 3.82. The van der Waals surface area contributed by atoms with Crippen molar-refractivity contribution in [2.24, 2.45) is 7.05 Å². The predicted molar refractivity (Wildman–Crippen MR) is 65.2 cm³/mol. The largest absolute Gasteiger partial charge is 0.392 e. The Hall–Kier alpha value is -1.31. The van der Waals surface area contributed by atoms with Gasteiger partial charge in [-0.05, 0) is 24.5 Å². The lowest BCUT2D eigenvalue weighted by molar-refractivity contribution is 0.0902. The summed E-state index contributed by atoms with van der Waals surface area (Å²) in [4.78, 5) is 0. The molecule has 2 rings (SSSR count). The van der Waals surface area contributed by atoms with Crippen molar-refractivity contribution in [2.75, 3.05) is 0 Å². The van der Waals surface area contributed by atoms with E-state index in [4.69, 9.17) is 5.26 Å². The van der Waals surface area contributed by atoms with E-state index in [0.717, 1.165) is 31.4 Å². The van der Waals surface area contributed by atoms with Gasteiger partial charge in [0.2, 0.25) is 0 Å². The average molecular weight is 233 g/mol. The number of aliphatic hydroxyl groups is 1. The Morgan fingerprint density at radius 1 is 1.53 bits per heavy atom. The first kappa shape index (κ1) is 12.2. The molecule has 1 heterocycles. The first-order chi connectivity index (χ1) is 8.20. The van der Waals surface area contributed by atoms with E-state index in [1.807, 2.05) is 23.9 Å². The second-order valence-corrected chi connectivity index (χ2v) is 4.80. The van der Waals surface area contributed by atoms with Gasteiger partial charge in [0, 0.05) is 25.8 Å². The molecule has 0 saturated heterocycles. The van der Waals surface area contributed by atoms with Crippen LogP contribution in [-0.2, 0) is 13.6 Å². The molecule has 1 aliphatic carbocycles. The molecule has 2 unspecified atom stereocenters. The van der Waals surface area contributed by atoms with E-state index in [2.05, 4.69) is 11.4 Å². The zero-order valence-electron chi connectivity index (χ0n) is 10.2. The van der Waals surface area contributed by atoms with Gasteiger partial charge in [0.1, 0.15) is 11.8 Å². The maximum absolute atomic E-state index is 9.83. The van der Waals surface area contributed by atoms with E-state index < -0.39 is 0 Å². The van der Waals surface area contributed by atoms with Gasteiger partial charge in [0.05, 0.1) is 6.10 Å². The highest BCUT2D eigenvalue weighted by molar-refractivity contribution is 5.28. The second-order valence-electron chi connectivity index (χ2n) is 4.80. The van der Waals surface area contributed by atoms with Crippen molar-refractivity contribution in [3.63, 3.8) is 0 Å². The molecule has 0 aliphatic heterocycles. The summed E-state index contributed by atoms with van der Waals surface area (Å²) in [5.74, 6) is 0. The van der Waals surface area contributed by atoms with Crippen LogP contribution in [0.1, 0.15) is 36.9 Å².